The third kappa shape index (κ3) is 3.30. The van der Waals surface area contributed by atoms with Gasteiger partial charge < -0.3 is 15.2 Å². The molecule has 4 aromatic rings. The number of carboxylic acids is 1. The minimum Gasteiger partial charge on any atom is -0.493 e. The third-order valence-corrected chi connectivity index (χ3v) is 10.1. The third-order valence-electron chi connectivity index (χ3n) is 9.54. The van der Waals surface area contributed by atoms with Crippen LogP contribution < -0.4 is 10.1 Å². The number of carboxylic acid groups (broad SMARTS) is 1. The molecule has 8 nitrogen and oxygen atoms in total. The van der Waals surface area contributed by atoms with Gasteiger partial charge in [-0.1, -0.05) is 41.4 Å². The number of likely N-dealkylation sites (tertiary alicyclic amines) is 1. The van der Waals surface area contributed by atoms with E-state index < -0.39 is 29.3 Å². The number of amides is 1. The second kappa shape index (κ2) is 8.92. The van der Waals surface area contributed by atoms with Gasteiger partial charge in [-0.15, -0.1) is 0 Å². The first-order chi connectivity index (χ1) is 20.2. The van der Waals surface area contributed by atoms with Gasteiger partial charge in [0.05, 0.1) is 18.2 Å². The number of benzene rings is 3. The summed E-state index contributed by atoms with van der Waals surface area (Å²) in [7, 11) is 1.42. The first-order valence-electron chi connectivity index (χ1n) is 13.9. The fourth-order valence-electron chi connectivity index (χ4n) is 7.76. The molecule has 42 heavy (non-hydrogen) atoms. The number of fused-ring (bicyclic) bond motifs is 7. The van der Waals surface area contributed by atoms with Crippen molar-refractivity contribution in [2.75, 3.05) is 19.0 Å². The number of aromatic nitrogens is 2. The van der Waals surface area contributed by atoms with E-state index in [1.165, 1.54) is 19.2 Å². The van der Waals surface area contributed by atoms with Gasteiger partial charge in [-0.3, -0.25) is 14.4 Å². The van der Waals surface area contributed by atoms with Crippen LogP contribution in [0.4, 0.5) is 10.1 Å². The summed E-state index contributed by atoms with van der Waals surface area (Å²) < 4.78 is 23.6. The molecule has 2 fully saturated rings. The Morgan fingerprint density at radius 2 is 2.02 bits per heavy atom. The number of methoxy groups -OCH3 is 1. The molecular weight excluding hydrogens is 582 g/mol. The van der Waals surface area contributed by atoms with Crippen molar-refractivity contribution in [3.63, 3.8) is 0 Å². The lowest BCUT2D eigenvalue weighted by atomic mass is 9.73. The molecule has 1 saturated heterocycles. The minimum atomic E-state index is -1.24. The van der Waals surface area contributed by atoms with E-state index in [4.69, 9.17) is 33.0 Å². The predicted octanol–water partition coefficient (Wildman–Crippen LogP) is 6.01. The largest absolute Gasteiger partial charge is 0.493 e. The first kappa shape index (κ1) is 26.0. The topological polar surface area (TPSA) is 96.7 Å². The van der Waals surface area contributed by atoms with E-state index in [9.17, 15) is 14.7 Å². The van der Waals surface area contributed by atoms with Gasteiger partial charge in [0.2, 0.25) is 5.91 Å². The molecular formula is C31H25Cl2FN4O4. The summed E-state index contributed by atoms with van der Waals surface area (Å²) in [4.78, 5) is 28.7. The van der Waals surface area contributed by atoms with E-state index in [0.29, 0.717) is 40.7 Å². The Labute approximate surface area is 250 Å². The maximum atomic E-state index is 16.1. The van der Waals surface area contributed by atoms with Gasteiger partial charge >= 0.3 is 5.97 Å². The van der Waals surface area contributed by atoms with Crippen molar-refractivity contribution >= 4 is 51.7 Å². The second-order valence-corrected chi connectivity index (χ2v) is 12.5. The van der Waals surface area contributed by atoms with Gasteiger partial charge in [-0.05, 0) is 54.7 Å². The van der Waals surface area contributed by atoms with E-state index in [-0.39, 0.29) is 28.3 Å². The standard InChI is InChI=1S/C31H25Cl2FN4O4/c1-42-28-18(29(39)40)9-8-16-22-12-23-27(38(22)36-26(16)28)24(17-3-2-4-20(33)25(17)34)31(37(23)13-14-5-6-14)19-10-7-15(32)11-21(19)35-30(31)41/h2-4,7-11,14,23-24,27H,5-6,12-13H2,1H3,(H,35,41)(H,39,40)/t23?,24-,27+,31+/m0/s1. The molecule has 2 N–H and O–H groups in total. The number of ether oxygens (including phenoxy) is 1. The number of aromatic carboxylic acids is 1. The van der Waals surface area contributed by atoms with Gasteiger partial charge in [-0.2, -0.15) is 5.10 Å². The quantitative estimate of drug-likeness (QED) is 0.289. The average Bonchev–Trinajstić information content (AvgIpc) is 3.40. The first-order valence-corrected chi connectivity index (χ1v) is 14.6. The number of carbonyl (C=O) groups excluding carboxylic acids is 1. The molecule has 3 aliphatic heterocycles. The molecule has 4 atom stereocenters. The predicted molar refractivity (Wildman–Crippen MR) is 155 cm³/mol. The summed E-state index contributed by atoms with van der Waals surface area (Å²) in [6, 6.07) is 12.9. The summed E-state index contributed by atoms with van der Waals surface area (Å²) in [5.41, 5.74) is 1.78. The van der Waals surface area contributed by atoms with Crippen LogP contribution in [0, 0.1) is 11.7 Å². The van der Waals surface area contributed by atoms with Crippen molar-refractivity contribution in [1.82, 2.24) is 14.7 Å². The van der Waals surface area contributed by atoms with Crippen molar-refractivity contribution in [3.05, 3.63) is 86.8 Å². The Bertz CT molecular complexity index is 1860. The summed E-state index contributed by atoms with van der Waals surface area (Å²) in [5.74, 6) is -2.03. The summed E-state index contributed by atoms with van der Waals surface area (Å²) >= 11 is 12.7. The van der Waals surface area contributed by atoms with E-state index in [0.717, 1.165) is 29.5 Å². The van der Waals surface area contributed by atoms with Crippen LogP contribution in [-0.4, -0.2) is 51.4 Å². The van der Waals surface area contributed by atoms with Gasteiger partial charge in [0.1, 0.15) is 22.4 Å². The van der Waals surface area contributed by atoms with Crippen LogP contribution >= 0.6 is 23.2 Å². The Balaban J connectivity index is 1.43. The molecule has 1 aromatic heterocycles. The minimum absolute atomic E-state index is 0.00925. The van der Waals surface area contributed by atoms with Crippen molar-refractivity contribution in [1.29, 1.82) is 0 Å². The second-order valence-electron chi connectivity index (χ2n) is 11.6. The van der Waals surface area contributed by atoms with Crippen LogP contribution in [0.3, 0.4) is 0 Å². The highest BCUT2D eigenvalue weighted by atomic mass is 35.5. The van der Waals surface area contributed by atoms with Crippen molar-refractivity contribution in [3.8, 4) is 5.75 Å². The summed E-state index contributed by atoms with van der Waals surface area (Å²) in [6.07, 6.45) is 2.68. The van der Waals surface area contributed by atoms with Crippen LogP contribution in [0.25, 0.3) is 10.9 Å². The van der Waals surface area contributed by atoms with Crippen LogP contribution in [0.2, 0.25) is 10.0 Å². The molecule has 214 valence electrons. The molecule has 0 bridgehead atoms. The van der Waals surface area contributed by atoms with E-state index in [1.54, 1.807) is 30.3 Å². The molecule has 1 unspecified atom stereocenters. The molecule has 1 spiro atoms. The zero-order valence-electron chi connectivity index (χ0n) is 22.4. The zero-order valence-corrected chi connectivity index (χ0v) is 23.9. The number of rotatable bonds is 5. The van der Waals surface area contributed by atoms with E-state index in [1.807, 2.05) is 10.7 Å². The van der Waals surface area contributed by atoms with Crippen LogP contribution in [0.15, 0.2) is 48.5 Å². The van der Waals surface area contributed by atoms with E-state index in [2.05, 4.69) is 10.2 Å². The highest BCUT2D eigenvalue weighted by Gasteiger charge is 2.69. The lowest BCUT2D eigenvalue weighted by Gasteiger charge is -2.40. The molecule has 8 rings (SSSR count). The number of anilines is 1. The van der Waals surface area contributed by atoms with Crippen LogP contribution in [-0.2, 0) is 16.8 Å². The number of hydrogen-bond donors (Lipinski definition) is 2. The molecule has 1 aliphatic carbocycles. The van der Waals surface area contributed by atoms with Crippen molar-refractivity contribution in [2.45, 2.75) is 42.8 Å². The summed E-state index contributed by atoms with van der Waals surface area (Å²) in [6.45, 7) is 0.671. The molecule has 4 heterocycles. The average molecular weight is 607 g/mol. The summed E-state index contributed by atoms with van der Waals surface area (Å²) in [5, 5.41) is 19.0. The normalized spacial score (nSPS) is 26.0. The molecule has 0 radical (unpaired) electrons. The van der Waals surface area contributed by atoms with Gasteiger partial charge in [0.15, 0.2) is 5.75 Å². The van der Waals surface area contributed by atoms with E-state index >= 15 is 4.39 Å². The number of nitrogens with one attached hydrogen (secondary N) is 1. The van der Waals surface area contributed by atoms with Gasteiger partial charge in [-0.25, -0.2) is 9.18 Å². The number of halogens is 3. The number of carbonyl (C=O) groups is 2. The Kier molecular flexibility index (Phi) is 5.52. The van der Waals surface area contributed by atoms with Gasteiger partial charge in [0.25, 0.3) is 0 Å². The van der Waals surface area contributed by atoms with Crippen molar-refractivity contribution < 1.29 is 23.8 Å². The molecule has 1 saturated carbocycles. The lowest BCUT2D eigenvalue weighted by Crippen LogP contribution is -2.53. The SMILES string of the molecule is COc1c(C(=O)O)ccc2c3n(nc12)[C@@H]1C(C3)N(CC2CC2)[C@@]2(C(=O)Nc3cc(Cl)ccc32)[C@H]1c1cccc(Cl)c1F. The molecule has 1 amide bonds. The van der Waals surface area contributed by atoms with Gasteiger partial charge in [0, 0.05) is 52.3 Å². The van der Waals surface area contributed by atoms with Crippen LogP contribution in [0.5, 0.6) is 5.75 Å². The highest BCUT2D eigenvalue weighted by Crippen LogP contribution is 2.64. The number of nitrogens with zero attached hydrogens (tertiary/aromatic N) is 3. The fourth-order valence-corrected chi connectivity index (χ4v) is 8.11. The maximum Gasteiger partial charge on any atom is 0.339 e. The highest BCUT2D eigenvalue weighted by molar-refractivity contribution is 6.31. The Hall–Kier alpha value is -3.66. The van der Waals surface area contributed by atoms with Crippen LogP contribution in [0.1, 0.15) is 52.0 Å². The lowest BCUT2D eigenvalue weighted by molar-refractivity contribution is -0.128. The molecule has 3 aromatic carbocycles. The number of hydrogen-bond acceptors (Lipinski definition) is 5. The molecule has 4 aliphatic rings. The Morgan fingerprint density at radius 3 is 2.76 bits per heavy atom. The maximum absolute atomic E-state index is 16.1. The smallest absolute Gasteiger partial charge is 0.339 e. The van der Waals surface area contributed by atoms with Crippen molar-refractivity contribution in [2.24, 2.45) is 5.92 Å². The Morgan fingerprint density at radius 1 is 1.21 bits per heavy atom. The molecule has 11 heteroatoms. The monoisotopic (exact) mass is 606 g/mol. The zero-order chi connectivity index (χ0) is 29.1. The fraction of sp³-hybridized carbons (Fsp3) is 0.323.